The molecule has 1 fully saturated rings. The number of benzene rings is 1. The molecule has 0 spiro atoms. The summed E-state index contributed by atoms with van der Waals surface area (Å²) in [6, 6.07) is 7.13. The third-order valence-corrected chi connectivity index (χ3v) is 3.72. The number of nitrogens with one attached hydrogen (secondary N) is 1. The zero-order valence-corrected chi connectivity index (χ0v) is 13.0. The number of likely N-dealkylation sites (tertiary alicyclic amines) is 1. The number of hydrogen-bond acceptors (Lipinski definition) is 4. The molecule has 6 heteroatoms. The molecule has 2 amide bonds. The second kappa shape index (κ2) is 7.79. The molecule has 1 heterocycles. The molecule has 0 aromatic heterocycles. The molecule has 0 radical (unpaired) electrons. The van der Waals surface area contributed by atoms with Crippen LogP contribution in [0.3, 0.4) is 0 Å². The number of anilines is 1. The van der Waals surface area contributed by atoms with Crippen LogP contribution in [0.25, 0.3) is 0 Å². The van der Waals surface area contributed by atoms with Crippen LogP contribution in [0.4, 0.5) is 5.69 Å². The first kappa shape index (κ1) is 16.3. The maximum atomic E-state index is 12.2. The maximum Gasteiger partial charge on any atom is 0.229 e. The number of ether oxygens (including phenoxy) is 2. The van der Waals surface area contributed by atoms with E-state index in [2.05, 4.69) is 5.32 Å². The Bertz CT molecular complexity index is 515. The van der Waals surface area contributed by atoms with Gasteiger partial charge in [-0.05, 0) is 30.7 Å². The molecule has 1 saturated heterocycles. The van der Waals surface area contributed by atoms with E-state index < -0.39 is 0 Å². The molecule has 2 rings (SSSR count). The Morgan fingerprint density at radius 1 is 1.32 bits per heavy atom. The largest absolute Gasteiger partial charge is 0.497 e. The summed E-state index contributed by atoms with van der Waals surface area (Å²) in [4.78, 5) is 25.9. The van der Waals surface area contributed by atoms with Gasteiger partial charge in [0.25, 0.3) is 0 Å². The van der Waals surface area contributed by atoms with Gasteiger partial charge in [0, 0.05) is 38.9 Å². The van der Waals surface area contributed by atoms with Gasteiger partial charge in [-0.15, -0.1) is 0 Å². The Morgan fingerprint density at radius 2 is 2.05 bits per heavy atom. The molecule has 1 unspecified atom stereocenters. The summed E-state index contributed by atoms with van der Waals surface area (Å²) in [5.41, 5.74) is 0.705. The lowest BCUT2D eigenvalue weighted by molar-refractivity contribution is -0.128. The van der Waals surface area contributed by atoms with E-state index in [1.807, 2.05) is 0 Å². The van der Waals surface area contributed by atoms with E-state index in [4.69, 9.17) is 9.47 Å². The van der Waals surface area contributed by atoms with Crippen LogP contribution in [-0.4, -0.2) is 50.6 Å². The Balaban J connectivity index is 1.86. The normalized spacial score (nSPS) is 17.6. The topological polar surface area (TPSA) is 67.9 Å². The van der Waals surface area contributed by atoms with Crippen LogP contribution < -0.4 is 10.1 Å². The highest BCUT2D eigenvalue weighted by atomic mass is 16.5. The quantitative estimate of drug-likeness (QED) is 0.776. The zero-order valence-electron chi connectivity index (χ0n) is 13.0. The van der Waals surface area contributed by atoms with Crippen molar-refractivity contribution in [3.63, 3.8) is 0 Å². The highest BCUT2D eigenvalue weighted by Crippen LogP contribution is 2.21. The van der Waals surface area contributed by atoms with Gasteiger partial charge in [0.2, 0.25) is 11.8 Å². The Morgan fingerprint density at radius 3 is 2.68 bits per heavy atom. The van der Waals surface area contributed by atoms with E-state index in [0.717, 1.165) is 12.2 Å². The molecular weight excluding hydrogens is 284 g/mol. The van der Waals surface area contributed by atoms with Crippen LogP contribution in [0.2, 0.25) is 0 Å². The minimum Gasteiger partial charge on any atom is -0.497 e. The fourth-order valence-corrected chi connectivity index (χ4v) is 2.48. The maximum absolute atomic E-state index is 12.2. The van der Waals surface area contributed by atoms with E-state index in [-0.39, 0.29) is 24.2 Å². The number of hydrogen-bond donors (Lipinski definition) is 1. The van der Waals surface area contributed by atoms with E-state index in [1.54, 1.807) is 43.4 Å². The molecule has 1 aliphatic rings. The van der Waals surface area contributed by atoms with Gasteiger partial charge in [0.05, 0.1) is 13.0 Å². The van der Waals surface area contributed by atoms with Crippen molar-refractivity contribution in [2.75, 3.05) is 39.2 Å². The summed E-state index contributed by atoms with van der Waals surface area (Å²) >= 11 is 0. The average molecular weight is 306 g/mol. The van der Waals surface area contributed by atoms with Crippen molar-refractivity contribution >= 4 is 17.5 Å². The number of methoxy groups -OCH3 is 2. The number of carbonyl (C=O) groups excluding carboxylic acids is 2. The standard InChI is InChI=1S/C16H22N2O4/c1-21-9-3-8-18-11-12(10-15(18)19)16(20)17-13-4-6-14(22-2)7-5-13/h4-7,12H,3,8-11H2,1-2H3,(H,17,20). The third-order valence-electron chi connectivity index (χ3n) is 3.72. The van der Waals surface area contributed by atoms with Crippen LogP contribution in [0.1, 0.15) is 12.8 Å². The summed E-state index contributed by atoms with van der Waals surface area (Å²) in [5, 5.41) is 2.85. The van der Waals surface area contributed by atoms with Gasteiger partial charge in [-0.25, -0.2) is 0 Å². The number of amides is 2. The SMILES string of the molecule is COCCCN1CC(C(=O)Nc2ccc(OC)cc2)CC1=O. The molecule has 0 bridgehead atoms. The molecule has 1 aliphatic heterocycles. The third kappa shape index (κ3) is 4.21. The molecule has 22 heavy (non-hydrogen) atoms. The Hall–Kier alpha value is -2.08. The van der Waals surface area contributed by atoms with Crippen molar-refractivity contribution < 1.29 is 19.1 Å². The number of nitrogens with zero attached hydrogens (tertiary/aromatic N) is 1. The average Bonchev–Trinajstić information content (AvgIpc) is 2.90. The predicted molar refractivity (Wildman–Crippen MR) is 82.8 cm³/mol. The van der Waals surface area contributed by atoms with Gasteiger partial charge in [-0.3, -0.25) is 9.59 Å². The van der Waals surface area contributed by atoms with E-state index in [1.165, 1.54) is 0 Å². The molecule has 1 atom stereocenters. The van der Waals surface area contributed by atoms with Crippen molar-refractivity contribution in [2.45, 2.75) is 12.8 Å². The van der Waals surface area contributed by atoms with E-state index in [0.29, 0.717) is 25.4 Å². The number of carbonyl (C=O) groups is 2. The first-order chi connectivity index (χ1) is 10.6. The second-order valence-corrected chi connectivity index (χ2v) is 5.30. The van der Waals surface area contributed by atoms with Crippen LogP contribution in [0.15, 0.2) is 24.3 Å². The van der Waals surface area contributed by atoms with Crippen molar-refractivity contribution in [1.29, 1.82) is 0 Å². The minimum atomic E-state index is -0.294. The zero-order chi connectivity index (χ0) is 15.9. The van der Waals surface area contributed by atoms with Gasteiger partial charge >= 0.3 is 0 Å². The van der Waals surface area contributed by atoms with Crippen LogP contribution in [-0.2, 0) is 14.3 Å². The molecule has 120 valence electrons. The fourth-order valence-electron chi connectivity index (χ4n) is 2.48. The van der Waals surface area contributed by atoms with Crippen molar-refractivity contribution in [2.24, 2.45) is 5.92 Å². The molecule has 0 saturated carbocycles. The summed E-state index contributed by atoms with van der Waals surface area (Å²) in [6.45, 7) is 1.73. The van der Waals surface area contributed by atoms with Crippen molar-refractivity contribution in [3.8, 4) is 5.75 Å². The molecule has 6 nitrogen and oxygen atoms in total. The highest BCUT2D eigenvalue weighted by molar-refractivity contribution is 5.97. The lowest BCUT2D eigenvalue weighted by Gasteiger charge is -2.16. The molecule has 0 aliphatic carbocycles. The predicted octanol–water partition coefficient (Wildman–Crippen LogP) is 1.52. The smallest absolute Gasteiger partial charge is 0.229 e. The number of rotatable bonds is 7. The van der Waals surface area contributed by atoms with Gasteiger partial charge in [0.15, 0.2) is 0 Å². The summed E-state index contributed by atoms with van der Waals surface area (Å²) < 4.78 is 10.1. The van der Waals surface area contributed by atoms with Crippen molar-refractivity contribution in [1.82, 2.24) is 4.90 Å². The Labute approximate surface area is 130 Å². The second-order valence-electron chi connectivity index (χ2n) is 5.30. The van der Waals surface area contributed by atoms with Crippen molar-refractivity contribution in [3.05, 3.63) is 24.3 Å². The van der Waals surface area contributed by atoms with Crippen LogP contribution in [0.5, 0.6) is 5.75 Å². The van der Waals surface area contributed by atoms with Gasteiger partial charge in [-0.1, -0.05) is 0 Å². The summed E-state index contributed by atoms with van der Waals surface area (Å²) in [7, 11) is 3.23. The first-order valence-corrected chi connectivity index (χ1v) is 7.35. The van der Waals surface area contributed by atoms with Crippen LogP contribution in [0, 0.1) is 5.92 Å². The molecule has 1 N–H and O–H groups in total. The first-order valence-electron chi connectivity index (χ1n) is 7.35. The molecule has 1 aromatic carbocycles. The van der Waals surface area contributed by atoms with Gasteiger partial charge < -0.3 is 19.7 Å². The molecular formula is C16H22N2O4. The van der Waals surface area contributed by atoms with Gasteiger partial charge in [0.1, 0.15) is 5.75 Å². The monoisotopic (exact) mass is 306 g/mol. The summed E-state index contributed by atoms with van der Waals surface area (Å²) in [6.07, 6.45) is 1.06. The molecule has 1 aromatic rings. The Kier molecular flexibility index (Phi) is 5.77. The van der Waals surface area contributed by atoms with Crippen LogP contribution >= 0.6 is 0 Å². The minimum absolute atomic E-state index is 0.0333. The van der Waals surface area contributed by atoms with Gasteiger partial charge in [-0.2, -0.15) is 0 Å². The highest BCUT2D eigenvalue weighted by Gasteiger charge is 2.33. The fraction of sp³-hybridized carbons (Fsp3) is 0.500. The van der Waals surface area contributed by atoms with E-state index >= 15 is 0 Å². The summed E-state index contributed by atoms with van der Waals surface area (Å²) in [5.74, 6) is 0.356. The van der Waals surface area contributed by atoms with E-state index in [9.17, 15) is 9.59 Å². The lowest BCUT2D eigenvalue weighted by atomic mass is 10.1. The lowest BCUT2D eigenvalue weighted by Crippen LogP contribution is -2.29.